The van der Waals surface area contributed by atoms with Crippen molar-refractivity contribution in [3.05, 3.63) is 12.3 Å². The molecule has 36 valence electrons. The summed E-state index contributed by atoms with van der Waals surface area (Å²) in [6.07, 6.45) is 0. The maximum absolute atomic E-state index is 9.35. The van der Waals surface area contributed by atoms with Gasteiger partial charge in [-0.1, -0.05) is 0 Å². The Morgan fingerprint density at radius 2 is 1.71 bits per heavy atom. The number of aliphatic hydroxyl groups is 1. The van der Waals surface area contributed by atoms with Gasteiger partial charge in [-0.25, -0.2) is 4.79 Å². The normalized spacial score (nSPS) is 6.29. The first-order valence-electron chi connectivity index (χ1n) is 1.25. The van der Waals surface area contributed by atoms with Gasteiger partial charge in [0, 0.05) is 0 Å². The number of carboxylic acid groups (broad SMARTS) is 1. The van der Waals surface area contributed by atoms with Crippen LogP contribution in [0.1, 0.15) is 1.43 Å². The summed E-state index contributed by atoms with van der Waals surface area (Å²) in [4.78, 5) is 9.35. The van der Waals surface area contributed by atoms with E-state index >= 15 is 0 Å². The molecule has 0 bridgehead atoms. The van der Waals surface area contributed by atoms with Crippen LogP contribution in [0.2, 0.25) is 0 Å². The molecule has 0 aromatic rings. The van der Waals surface area contributed by atoms with Crippen molar-refractivity contribution < 1.29 is 46.0 Å². The van der Waals surface area contributed by atoms with Gasteiger partial charge >= 0.3 is 35.5 Å². The average Bonchev–Trinajstić information content (AvgIpc) is 1.36. The molecule has 0 unspecified atom stereocenters. The van der Waals surface area contributed by atoms with Crippen LogP contribution in [0.5, 0.6) is 0 Å². The summed E-state index contributed by atoms with van der Waals surface area (Å²) in [7, 11) is 0. The molecular weight excluding hydrogens is 107 g/mol. The van der Waals surface area contributed by atoms with E-state index in [0.717, 1.165) is 0 Å². The minimum Gasteiger partial charge on any atom is -1.00 e. The van der Waals surface area contributed by atoms with Crippen LogP contribution in [0.25, 0.3) is 0 Å². The Kier molecular flexibility index (Phi) is 6.02. The molecule has 0 atom stereocenters. The van der Waals surface area contributed by atoms with E-state index in [-0.39, 0.29) is 31.0 Å². The number of rotatable bonds is 1. The van der Waals surface area contributed by atoms with Gasteiger partial charge in [0.2, 0.25) is 0 Å². The molecule has 0 saturated carbocycles. The van der Waals surface area contributed by atoms with E-state index in [4.69, 9.17) is 10.2 Å². The van der Waals surface area contributed by atoms with Crippen LogP contribution in [-0.2, 0) is 4.79 Å². The molecule has 0 aromatic carbocycles. The fourth-order valence-electron chi connectivity index (χ4n) is 0. The van der Waals surface area contributed by atoms with Gasteiger partial charge in [-0.15, -0.1) is 0 Å². The van der Waals surface area contributed by atoms with Crippen LogP contribution in [0.4, 0.5) is 0 Å². The molecule has 0 amide bonds. The summed E-state index contributed by atoms with van der Waals surface area (Å²) in [6.45, 7) is 2.71. The minimum atomic E-state index is -1.38. The summed E-state index contributed by atoms with van der Waals surface area (Å²) in [6, 6.07) is 0. The van der Waals surface area contributed by atoms with E-state index in [1.54, 1.807) is 0 Å². The summed E-state index contributed by atoms with van der Waals surface area (Å²) in [5, 5.41) is 15.5. The third-order valence-electron chi connectivity index (χ3n) is 0.247. The predicted octanol–water partition coefficient (Wildman–Crippen LogP) is -2.74. The molecule has 0 aromatic heterocycles. The van der Waals surface area contributed by atoms with Gasteiger partial charge in [0.15, 0.2) is 5.76 Å². The number of aliphatic carboxylic acids is 1. The molecule has 2 N–H and O–H groups in total. The quantitative estimate of drug-likeness (QED) is 0.220. The van der Waals surface area contributed by atoms with E-state index in [2.05, 4.69) is 6.58 Å². The van der Waals surface area contributed by atoms with Crippen molar-refractivity contribution in [1.82, 2.24) is 0 Å². The molecule has 0 spiro atoms. The average molecular weight is 112 g/mol. The molecule has 0 heterocycles. The van der Waals surface area contributed by atoms with Gasteiger partial charge in [0.05, 0.1) is 0 Å². The van der Waals surface area contributed by atoms with Crippen molar-refractivity contribution >= 4 is 5.97 Å². The van der Waals surface area contributed by atoms with Crippen LogP contribution in [0, 0.1) is 0 Å². The molecular formula is C3H5NaO3. The van der Waals surface area contributed by atoms with Crippen molar-refractivity contribution in [2.75, 3.05) is 0 Å². The zero-order chi connectivity index (χ0) is 5.15. The van der Waals surface area contributed by atoms with Crippen molar-refractivity contribution in [2.24, 2.45) is 0 Å². The van der Waals surface area contributed by atoms with Gasteiger partial charge in [-0.3, -0.25) is 0 Å². The van der Waals surface area contributed by atoms with E-state index in [1.807, 2.05) is 0 Å². The summed E-state index contributed by atoms with van der Waals surface area (Å²) < 4.78 is 0. The van der Waals surface area contributed by atoms with Gasteiger partial charge < -0.3 is 11.6 Å². The topological polar surface area (TPSA) is 57.5 Å². The van der Waals surface area contributed by atoms with Gasteiger partial charge in [0.25, 0.3) is 0 Å². The first-order valence-corrected chi connectivity index (χ1v) is 1.25. The monoisotopic (exact) mass is 112 g/mol. The Bertz CT molecular complexity index is 80.5. The Morgan fingerprint density at radius 1 is 1.57 bits per heavy atom. The van der Waals surface area contributed by atoms with Crippen LogP contribution in [-0.4, -0.2) is 16.2 Å². The molecule has 0 aliphatic carbocycles. The summed E-state index contributed by atoms with van der Waals surface area (Å²) >= 11 is 0. The molecule has 0 radical (unpaired) electrons. The molecule has 7 heavy (non-hydrogen) atoms. The zero-order valence-corrected chi connectivity index (χ0v) is 6.01. The van der Waals surface area contributed by atoms with E-state index in [0.29, 0.717) is 0 Å². The first-order chi connectivity index (χ1) is 2.64. The molecule has 3 nitrogen and oxygen atoms in total. The Morgan fingerprint density at radius 3 is 1.71 bits per heavy atom. The summed E-state index contributed by atoms with van der Waals surface area (Å²) in [5.41, 5.74) is 0. The number of aliphatic hydroxyl groups excluding tert-OH is 1. The predicted molar refractivity (Wildman–Crippen MR) is 20.5 cm³/mol. The standard InChI is InChI=1S/C3H4O3.Na.H/c1-2(4)3(5)6;;/h4H,1H2,(H,5,6);;/q;+1;-1. The van der Waals surface area contributed by atoms with Crippen molar-refractivity contribution in [1.29, 1.82) is 0 Å². The van der Waals surface area contributed by atoms with Gasteiger partial charge in [-0.05, 0) is 6.58 Å². The van der Waals surface area contributed by atoms with Crippen molar-refractivity contribution in [2.45, 2.75) is 0 Å². The molecule has 0 saturated heterocycles. The number of hydrogen-bond donors (Lipinski definition) is 2. The second-order valence-electron chi connectivity index (χ2n) is 0.752. The molecule has 0 fully saturated rings. The molecule has 0 rings (SSSR count). The van der Waals surface area contributed by atoms with Crippen LogP contribution in [0.15, 0.2) is 12.3 Å². The first kappa shape index (κ1) is 10.1. The van der Waals surface area contributed by atoms with E-state index in [9.17, 15) is 4.79 Å². The third-order valence-corrected chi connectivity index (χ3v) is 0.247. The molecule has 0 aliphatic rings. The van der Waals surface area contributed by atoms with Crippen LogP contribution in [0.3, 0.4) is 0 Å². The maximum atomic E-state index is 9.35. The Balaban J connectivity index is -0.000000125. The number of hydrogen-bond acceptors (Lipinski definition) is 2. The van der Waals surface area contributed by atoms with Gasteiger partial charge in [-0.2, -0.15) is 0 Å². The number of carbonyl (C=O) groups is 1. The Hall–Kier alpha value is 0.0100. The second-order valence-corrected chi connectivity index (χ2v) is 0.752. The van der Waals surface area contributed by atoms with Crippen LogP contribution < -0.4 is 29.6 Å². The smallest absolute Gasteiger partial charge is 1.00 e. The SMILES string of the molecule is C=C(O)C(=O)O.[H-].[Na+]. The fourth-order valence-corrected chi connectivity index (χ4v) is 0. The molecule has 4 heteroatoms. The van der Waals surface area contributed by atoms with E-state index in [1.165, 1.54) is 0 Å². The van der Waals surface area contributed by atoms with Gasteiger partial charge in [0.1, 0.15) is 0 Å². The Labute approximate surface area is 64.4 Å². The molecule has 0 aliphatic heterocycles. The number of carboxylic acids is 1. The van der Waals surface area contributed by atoms with Crippen LogP contribution >= 0.6 is 0 Å². The second kappa shape index (κ2) is 4.18. The summed E-state index contributed by atoms with van der Waals surface area (Å²) in [5.74, 6) is -2.20. The minimum absolute atomic E-state index is 0. The van der Waals surface area contributed by atoms with Crippen molar-refractivity contribution in [3.8, 4) is 0 Å². The third kappa shape index (κ3) is 6.01. The zero-order valence-electron chi connectivity index (χ0n) is 5.01. The van der Waals surface area contributed by atoms with E-state index < -0.39 is 11.7 Å². The van der Waals surface area contributed by atoms with Crippen molar-refractivity contribution in [3.63, 3.8) is 0 Å². The maximum Gasteiger partial charge on any atom is 1.00 e. The largest absolute Gasteiger partial charge is 1.00 e. The fraction of sp³-hybridized carbons (Fsp3) is 0.